The van der Waals surface area contributed by atoms with Crippen LogP contribution in [0.2, 0.25) is 0 Å². The summed E-state index contributed by atoms with van der Waals surface area (Å²) < 4.78 is 4.92. The van der Waals surface area contributed by atoms with Gasteiger partial charge in [-0.3, -0.25) is 4.79 Å². The molecule has 1 aromatic heterocycles. The van der Waals surface area contributed by atoms with Gasteiger partial charge in [0.2, 0.25) is 5.88 Å². The first-order valence-electron chi connectivity index (χ1n) is 10.1. The Labute approximate surface area is 174 Å². The Morgan fingerprint density at radius 3 is 2.63 bits per heavy atom. The van der Waals surface area contributed by atoms with Gasteiger partial charge in [-0.2, -0.15) is 0 Å². The molecule has 1 unspecified atom stereocenters. The number of hydrogen-bond donors (Lipinski definition) is 3. The number of H-pyrrole nitrogens is 1. The molecule has 154 valence electrons. The van der Waals surface area contributed by atoms with Crippen molar-refractivity contribution in [2.75, 3.05) is 6.54 Å². The average molecular weight is 404 g/mol. The van der Waals surface area contributed by atoms with Crippen molar-refractivity contribution >= 4 is 28.4 Å². The maximum Gasteiger partial charge on any atom is 0.512 e. The number of Topliss-reactive ketones (excluding diaryl/α,β-unsaturated/α-hetero) is 1. The van der Waals surface area contributed by atoms with Crippen LogP contribution in [0.5, 0.6) is 5.88 Å². The Hall–Kier alpha value is -3.38. The molecule has 6 nitrogen and oxygen atoms in total. The van der Waals surface area contributed by atoms with Crippen molar-refractivity contribution in [3.63, 3.8) is 0 Å². The van der Waals surface area contributed by atoms with Gasteiger partial charge in [-0.15, -0.1) is 0 Å². The third kappa shape index (κ3) is 4.44. The predicted molar refractivity (Wildman–Crippen MR) is 116 cm³/mol. The molecule has 0 saturated heterocycles. The van der Waals surface area contributed by atoms with Crippen molar-refractivity contribution in [2.24, 2.45) is 0 Å². The summed E-state index contributed by atoms with van der Waals surface area (Å²) in [5.41, 5.74) is 3.97. The molecule has 6 heteroatoms. The Morgan fingerprint density at radius 2 is 1.83 bits per heavy atom. The number of ether oxygens (including phenoxy) is 1. The van der Waals surface area contributed by atoms with Crippen LogP contribution in [0.1, 0.15) is 30.4 Å². The van der Waals surface area contributed by atoms with E-state index >= 15 is 0 Å². The summed E-state index contributed by atoms with van der Waals surface area (Å²) in [4.78, 5) is 26.8. The van der Waals surface area contributed by atoms with Crippen molar-refractivity contribution in [3.05, 3.63) is 71.8 Å². The first-order chi connectivity index (χ1) is 14.6. The van der Waals surface area contributed by atoms with Gasteiger partial charge in [0.1, 0.15) is 5.78 Å². The van der Waals surface area contributed by atoms with Crippen LogP contribution in [-0.4, -0.2) is 34.6 Å². The molecule has 0 radical (unpaired) electrons. The lowest BCUT2D eigenvalue weighted by atomic mass is 9.91. The smallest absolute Gasteiger partial charge is 0.449 e. The van der Waals surface area contributed by atoms with Crippen LogP contribution in [0.4, 0.5) is 4.79 Å². The van der Waals surface area contributed by atoms with Gasteiger partial charge < -0.3 is 20.1 Å². The van der Waals surface area contributed by atoms with Gasteiger partial charge in [-0.05, 0) is 36.5 Å². The molecule has 1 aliphatic rings. The lowest BCUT2D eigenvalue weighted by Crippen LogP contribution is -2.39. The van der Waals surface area contributed by atoms with E-state index in [2.05, 4.69) is 28.5 Å². The first kappa shape index (κ1) is 19.9. The molecular weight excluding hydrogens is 380 g/mol. The first-order valence-corrected chi connectivity index (χ1v) is 10.1. The highest BCUT2D eigenvalue weighted by Crippen LogP contribution is 2.30. The Kier molecular flexibility index (Phi) is 5.95. The van der Waals surface area contributed by atoms with E-state index in [1.807, 2.05) is 42.5 Å². The number of benzene rings is 2. The maximum absolute atomic E-state index is 12.8. The third-order valence-electron chi connectivity index (χ3n) is 5.48. The molecule has 2 heterocycles. The highest BCUT2D eigenvalue weighted by molar-refractivity contribution is 5.88. The van der Waals surface area contributed by atoms with Crippen molar-refractivity contribution in [1.82, 2.24) is 10.3 Å². The van der Waals surface area contributed by atoms with Crippen LogP contribution < -0.4 is 10.1 Å². The number of aromatic nitrogens is 1. The number of hydrogen-bond acceptors (Lipinski definition) is 4. The van der Waals surface area contributed by atoms with Gasteiger partial charge in [0.05, 0.1) is 6.04 Å². The van der Waals surface area contributed by atoms with Gasteiger partial charge >= 0.3 is 6.16 Å². The number of nitrogens with one attached hydrogen (secondary N) is 2. The highest BCUT2D eigenvalue weighted by Gasteiger charge is 2.23. The molecule has 0 fully saturated rings. The quantitative estimate of drug-likeness (QED) is 0.502. The van der Waals surface area contributed by atoms with Crippen molar-refractivity contribution in [3.8, 4) is 5.88 Å². The van der Waals surface area contributed by atoms with E-state index < -0.39 is 6.16 Å². The Balaban J connectivity index is 1.39. The van der Waals surface area contributed by atoms with Gasteiger partial charge in [-0.25, -0.2) is 4.79 Å². The van der Waals surface area contributed by atoms with E-state index in [9.17, 15) is 9.59 Å². The number of aryl methyl sites for hydroxylation is 1. The molecule has 1 atom stereocenters. The molecule has 0 bridgehead atoms. The maximum atomic E-state index is 12.8. The van der Waals surface area contributed by atoms with E-state index in [0.29, 0.717) is 32.2 Å². The molecule has 0 saturated carbocycles. The number of carbonyl (C=O) groups excluding carboxylic acids is 1. The average Bonchev–Trinajstić information content (AvgIpc) is 3.11. The van der Waals surface area contributed by atoms with Crippen molar-refractivity contribution < 1.29 is 19.4 Å². The zero-order valence-electron chi connectivity index (χ0n) is 16.6. The number of carboxylic acid groups (broad SMARTS) is 1. The fourth-order valence-corrected chi connectivity index (χ4v) is 4.03. The molecule has 0 aliphatic carbocycles. The molecule has 3 N–H and O–H groups in total. The lowest BCUT2D eigenvalue weighted by molar-refractivity contribution is -0.121. The van der Waals surface area contributed by atoms with E-state index in [4.69, 9.17) is 9.84 Å². The zero-order valence-corrected chi connectivity index (χ0v) is 16.6. The monoisotopic (exact) mass is 404 g/mol. The molecule has 30 heavy (non-hydrogen) atoms. The van der Waals surface area contributed by atoms with Gasteiger partial charge in [-0.1, -0.05) is 54.6 Å². The van der Waals surface area contributed by atoms with Crippen LogP contribution in [0.15, 0.2) is 60.7 Å². The minimum atomic E-state index is -1.36. The molecular formula is C24H24N2O4. The molecule has 3 aromatic rings. The number of fused-ring (bicyclic) bond motifs is 1. The topological polar surface area (TPSA) is 91.4 Å². The number of para-hydroxylation sites is 1. The summed E-state index contributed by atoms with van der Waals surface area (Å²) in [6.45, 7) is 0.680. The highest BCUT2D eigenvalue weighted by atomic mass is 16.7. The SMILES string of the molecule is O=C(O)Oc1[nH]c2ccccc2c1CCCC(=O)C1CC(c2ccccc2)=CCN1. The largest absolute Gasteiger partial charge is 0.512 e. The minimum absolute atomic E-state index is 0.178. The van der Waals surface area contributed by atoms with Gasteiger partial charge in [0.25, 0.3) is 0 Å². The fraction of sp³-hybridized carbons (Fsp3) is 0.250. The molecule has 4 rings (SSSR count). The number of aromatic amines is 1. The van der Waals surface area contributed by atoms with Crippen LogP contribution in [-0.2, 0) is 11.2 Å². The Bertz CT molecular complexity index is 1090. The van der Waals surface area contributed by atoms with E-state index in [0.717, 1.165) is 22.0 Å². The van der Waals surface area contributed by atoms with Gasteiger partial charge in [0.15, 0.2) is 0 Å². The van der Waals surface area contributed by atoms with Gasteiger partial charge in [0, 0.05) is 29.4 Å². The van der Waals surface area contributed by atoms with Crippen molar-refractivity contribution in [1.29, 1.82) is 0 Å². The third-order valence-corrected chi connectivity index (χ3v) is 5.48. The van der Waals surface area contributed by atoms with Crippen LogP contribution in [0.3, 0.4) is 0 Å². The second-order valence-corrected chi connectivity index (χ2v) is 7.43. The number of rotatable bonds is 7. The summed E-state index contributed by atoms with van der Waals surface area (Å²) in [5, 5.41) is 13.2. The fourth-order valence-electron chi connectivity index (χ4n) is 4.03. The Morgan fingerprint density at radius 1 is 1.07 bits per heavy atom. The number of carbonyl (C=O) groups is 2. The van der Waals surface area contributed by atoms with Crippen LogP contribution >= 0.6 is 0 Å². The zero-order chi connectivity index (χ0) is 20.9. The second kappa shape index (κ2) is 8.97. The summed E-state index contributed by atoms with van der Waals surface area (Å²) in [6, 6.07) is 17.5. The van der Waals surface area contributed by atoms with E-state index in [1.165, 1.54) is 5.57 Å². The summed E-state index contributed by atoms with van der Waals surface area (Å²) in [6.07, 6.45) is 3.08. The molecule has 1 aliphatic heterocycles. The van der Waals surface area contributed by atoms with E-state index in [1.54, 1.807) is 0 Å². The second-order valence-electron chi connectivity index (χ2n) is 7.43. The summed E-state index contributed by atoms with van der Waals surface area (Å²) >= 11 is 0. The van der Waals surface area contributed by atoms with Crippen LogP contribution in [0, 0.1) is 0 Å². The van der Waals surface area contributed by atoms with Crippen molar-refractivity contribution in [2.45, 2.75) is 31.7 Å². The lowest BCUT2D eigenvalue weighted by Gasteiger charge is -2.23. The van der Waals surface area contributed by atoms with E-state index in [-0.39, 0.29) is 17.7 Å². The minimum Gasteiger partial charge on any atom is -0.449 e. The summed E-state index contributed by atoms with van der Waals surface area (Å²) in [5.74, 6) is 0.415. The molecule has 0 spiro atoms. The standard InChI is InChI=1S/C24H24N2O4/c27-22(21-15-17(13-14-25-21)16-7-2-1-3-8-16)12-6-10-19-18-9-4-5-11-20(18)26-23(19)30-24(28)29/h1-5,7-9,11,13,21,25-26H,6,10,12,14-15H2,(H,28,29). The molecule has 2 aromatic carbocycles. The molecule has 0 amide bonds. The van der Waals surface area contributed by atoms with Crippen LogP contribution in [0.25, 0.3) is 16.5 Å². The normalized spacial score (nSPS) is 16.3. The summed E-state index contributed by atoms with van der Waals surface area (Å²) in [7, 11) is 0. The number of ketones is 1. The predicted octanol–water partition coefficient (Wildman–Crippen LogP) is 4.56.